The number of benzene rings is 1. The van der Waals surface area contributed by atoms with E-state index in [0.717, 1.165) is 18.0 Å². The molecular weight excluding hydrogens is 236 g/mol. The van der Waals surface area contributed by atoms with Crippen LogP contribution in [0.15, 0.2) is 30.3 Å². The molecule has 19 heavy (non-hydrogen) atoms. The number of nitrogens with one attached hydrogen (secondary N) is 1. The number of rotatable bonds is 5. The molecule has 1 aromatic carbocycles. The second-order valence-electron chi connectivity index (χ2n) is 5.81. The van der Waals surface area contributed by atoms with Crippen LogP contribution in [0.1, 0.15) is 36.0 Å². The highest BCUT2D eigenvalue weighted by molar-refractivity contribution is 5.94. The molecule has 0 radical (unpaired) electrons. The number of carbonyl (C=O) groups is 1. The van der Waals surface area contributed by atoms with Gasteiger partial charge in [0.15, 0.2) is 0 Å². The maximum absolute atomic E-state index is 12.0. The molecule has 1 aliphatic heterocycles. The van der Waals surface area contributed by atoms with E-state index in [1.165, 1.54) is 38.8 Å². The van der Waals surface area contributed by atoms with Crippen molar-refractivity contribution in [2.75, 3.05) is 19.6 Å². The van der Waals surface area contributed by atoms with Gasteiger partial charge in [0.25, 0.3) is 5.91 Å². The zero-order valence-corrected chi connectivity index (χ0v) is 11.3. The van der Waals surface area contributed by atoms with E-state index in [4.69, 9.17) is 0 Å². The summed E-state index contributed by atoms with van der Waals surface area (Å²) in [5.41, 5.74) is 0.759. The van der Waals surface area contributed by atoms with Crippen LogP contribution in [0.4, 0.5) is 0 Å². The summed E-state index contributed by atoms with van der Waals surface area (Å²) >= 11 is 0. The number of hydrogen-bond donors (Lipinski definition) is 1. The highest BCUT2D eigenvalue weighted by Crippen LogP contribution is 2.32. The van der Waals surface area contributed by atoms with Gasteiger partial charge < -0.3 is 5.32 Å². The Kier molecular flexibility index (Phi) is 3.83. The van der Waals surface area contributed by atoms with Gasteiger partial charge in [-0.05, 0) is 50.3 Å². The fourth-order valence-electron chi connectivity index (χ4n) is 2.90. The lowest BCUT2D eigenvalue weighted by Gasteiger charge is -2.24. The number of carbonyl (C=O) groups excluding carboxylic acids is 1. The Hall–Kier alpha value is -1.35. The minimum atomic E-state index is 0.0545. The zero-order chi connectivity index (χ0) is 13.1. The molecule has 1 aliphatic carbocycles. The van der Waals surface area contributed by atoms with Crippen molar-refractivity contribution in [1.29, 1.82) is 0 Å². The van der Waals surface area contributed by atoms with Crippen LogP contribution in [0.3, 0.4) is 0 Å². The minimum Gasteiger partial charge on any atom is -0.350 e. The van der Waals surface area contributed by atoms with Crippen molar-refractivity contribution >= 4 is 5.91 Å². The van der Waals surface area contributed by atoms with Gasteiger partial charge in [0, 0.05) is 24.7 Å². The first-order chi connectivity index (χ1) is 9.33. The van der Waals surface area contributed by atoms with Crippen LogP contribution < -0.4 is 5.32 Å². The average Bonchev–Trinajstić information content (AvgIpc) is 3.15. The van der Waals surface area contributed by atoms with E-state index >= 15 is 0 Å². The maximum Gasteiger partial charge on any atom is 0.251 e. The molecule has 1 aromatic rings. The predicted molar refractivity (Wildman–Crippen MR) is 76.1 cm³/mol. The lowest BCUT2D eigenvalue weighted by molar-refractivity contribution is 0.0940. The van der Waals surface area contributed by atoms with Gasteiger partial charge in [-0.25, -0.2) is 0 Å². The van der Waals surface area contributed by atoms with Gasteiger partial charge in [0.2, 0.25) is 0 Å². The van der Waals surface area contributed by atoms with Crippen LogP contribution >= 0.6 is 0 Å². The highest BCUT2D eigenvalue weighted by Gasteiger charge is 2.30. The van der Waals surface area contributed by atoms with E-state index in [0.29, 0.717) is 6.04 Å². The molecule has 1 N–H and O–H groups in total. The quantitative estimate of drug-likeness (QED) is 0.879. The Morgan fingerprint density at radius 3 is 2.74 bits per heavy atom. The monoisotopic (exact) mass is 258 g/mol. The standard InChI is InChI=1S/C16H22N2O/c19-16(14-5-2-1-3-6-14)17-11-15-7-4-10-18(15)12-13-8-9-13/h1-3,5-6,13,15H,4,7-12H2,(H,17,19)/t15-/m0/s1. The van der Waals surface area contributed by atoms with Gasteiger partial charge in [-0.2, -0.15) is 0 Å². The summed E-state index contributed by atoms with van der Waals surface area (Å²) in [6.07, 6.45) is 5.31. The normalized spacial score (nSPS) is 23.5. The molecule has 0 spiro atoms. The van der Waals surface area contributed by atoms with Crippen molar-refractivity contribution < 1.29 is 4.79 Å². The van der Waals surface area contributed by atoms with E-state index in [-0.39, 0.29) is 5.91 Å². The molecule has 2 fully saturated rings. The first kappa shape index (κ1) is 12.7. The van der Waals surface area contributed by atoms with Crippen molar-refractivity contribution in [3.63, 3.8) is 0 Å². The van der Waals surface area contributed by atoms with E-state index in [2.05, 4.69) is 10.2 Å². The largest absolute Gasteiger partial charge is 0.350 e. The van der Waals surface area contributed by atoms with Crippen molar-refractivity contribution in [2.24, 2.45) is 5.92 Å². The molecule has 0 unspecified atom stereocenters. The molecular formula is C16H22N2O. The lowest BCUT2D eigenvalue weighted by atomic mass is 10.2. The van der Waals surface area contributed by atoms with Crippen molar-refractivity contribution in [1.82, 2.24) is 10.2 Å². The van der Waals surface area contributed by atoms with Crippen molar-refractivity contribution in [2.45, 2.75) is 31.7 Å². The number of amides is 1. The molecule has 3 rings (SSSR count). The maximum atomic E-state index is 12.0. The summed E-state index contributed by atoms with van der Waals surface area (Å²) in [5, 5.41) is 3.08. The Morgan fingerprint density at radius 1 is 1.21 bits per heavy atom. The molecule has 1 saturated carbocycles. The molecule has 3 nitrogen and oxygen atoms in total. The van der Waals surface area contributed by atoms with E-state index in [1.807, 2.05) is 30.3 Å². The molecule has 0 bridgehead atoms. The Bertz CT molecular complexity index is 428. The van der Waals surface area contributed by atoms with Crippen LogP contribution in [-0.4, -0.2) is 36.5 Å². The summed E-state index contributed by atoms with van der Waals surface area (Å²) in [6.45, 7) is 3.24. The summed E-state index contributed by atoms with van der Waals surface area (Å²) in [6, 6.07) is 10.0. The molecule has 3 heteroatoms. The molecule has 102 valence electrons. The molecule has 1 saturated heterocycles. The third-order valence-corrected chi connectivity index (χ3v) is 4.22. The predicted octanol–water partition coefficient (Wildman–Crippen LogP) is 2.29. The van der Waals surface area contributed by atoms with Gasteiger partial charge in [0.05, 0.1) is 0 Å². The van der Waals surface area contributed by atoms with Gasteiger partial charge >= 0.3 is 0 Å². The third kappa shape index (κ3) is 3.35. The fourth-order valence-corrected chi connectivity index (χ4v) is 2.90. The third-order valence-electron chi connectivity index (χ3n) is 4.22. The van der Waals surface area contributed by atoms with Crippen molar-refractivity contribution in [3.05, 3.63) is 35.9 Å². The molecule has 1 atom stereocenters. The summed E-state index contributed by atoms with van der Waals surface area (Å²) in [5.74, 6) is 0.990. The highest BCUT2D eigenvalue weighted by atomic mass is 16.1. The number of hydrogen-bond acceptors (Lipinski definition) is 2. The fraction of sp³-hybridized carbons (Fsp3) is 0.562. The average molecular weight is 258 g/mol. The minimum absolute atomic E-state index is 0.0545. The van der Waals surface area contributed by atoms with Crippen molar-refractivity contribution in [3.8, 4) is 0 Å². The Balaban J connectivity index is 1.49. The topological polar surface area (TPSA) is 32.3 Å². The number of likely N-dealkylation sites (tertiary alicyclic amines) is 1. The molecule has 2 aliphatic rings. The van der Waals surface area contributed by atoms with Crippen LogP contribution in [0, 0.1) is 5.92 Å². The summed E-state index contributed by atoms with van der Waals surface area (Å²) < 4.78 is 0. The first-order valence-corrected chi connectivity index (χ1v) is 7.40. The molecule has 1 amide bonds. The first-order valence-electron chi connectivity index (χ1n) is 7.40. The van der Waals surface area contributed by atoms with Gasteiger partial charge in [0.1, 0.15) is 0 Å². The lowest BCUT2D eigenvalue weighted by Crippen LogP contribution is -2.41. The second kappa shape index (κ2) is 5.74. The second-order valence-corrected chi connectivity index (χ2v) is 5.81. The molecule has 0 aromatic heterocycles. The van der Waals surface area contributed by atoms with E-state index < -0.39 is 0 Å². The summed E-state index contributed by atoms with van der Waals surface area (Å²) in [7, 11) is 0. The van der Waals surface area contributed by atoms with E-state index in [1.54, 1.807) is 0 Å². The van der Waals surface area contributed by atoms with Gasteiger partial charge in [-0.3, -0.25) is 9.69 Å². The Morgan fingerprint density at radius 2 is 2.00 bits per heavy atom. The van der Waals surface area contributed by atoms with Crippen LogP contribution in [0.5, 0.6) is 0 Å². The summed E-state index contributed by atoms with van der Waals surface area (Å²) in [4.78, 5) is 14.6. The zero-order valence-electron chi connectivity index (χ0n) is 11.3. The van der Waals surface area contributed by atoms with Gasteiger partial charge in [-0.1, -0.05) is 18.2 Å². The molecule has 1 heterocycles. The van der Waals surface area contributed by atoms with Crippen LogP contribution in [0.25, 0.3) is 0 Å². The van der Waals surface area contributed by atoms with E-state index in [9.17, 15) is 4.79 Å². The van der Waals surface area contributed by atoms with Crippen LogP contribution in [-0.2, 0) is 0 Å². The Labute approximate surface area is 115 Å². The SMILES string of the molecule is O=C(NC[C@@H]1CCCN1CC1CC1)c1ccccc1. The number of nitrogens with zero attached hydrogens (tertiary/aromatic N) is 1. The van der Waals surface area contributed by atoms with Crippen LogP contribution in [0.2, 0.25) is 0 Å². The smallest absolute Gasteiger partial charge is 0.251 e. The van der Waals surface area contributed by atoms with Gasteiger partial charge in [-0.15, -0.1) is 0 Å².